The lowest BCUT2D eigenvalue weighted by molar-refractivity contribution is 0.548. The molecule has 0 saturated heterocycles. The van der Waals surface area contributed by atoms with E-state index >= 15 is 0 Å². The topological polar surface area (TPSA) is 12.0 Å². The highest BCUT2D eigenvalue weighted by Gasteiger charge is 2.02. The third-order valence-electron chi connectivity index (χ3n) is 3.13. The van der Waals surface area contributed by atoms with Gasteiger partial charge in [0, 0.05) is 6.04 Å². The van der Waals surface area contributed by atoms with E-state index in [0.29, 0.717) is 6.04 Å². The zero-order chi connectivity index (χ0) is 12.6. The minimum Gasteiger partial charge on any atom is -0.314 e. The van der Waals surface area contributed by atoms with Crippen molar-refractivity contribution in [2.24, 2.45) is 0 Å². The fourth-order valence-electron chi connectivity index (χ4n) is 2.15. The number of nitrogens with one attached hydrogen (secondary N) is 1. The monoisotopic (exact) mass is 239 g/mol. The van der Waals surface area contributed by atoms with Gasteiger partial charge in [-0.25, -0.2) is 0 Å². The van der Waals surface area contributed by atoms with E-state index in [-0.39, 0.29) is 0 Å². The molecule has 1 atom stereocenters. The molecule has 2 aromatic rings. The molecule has 1 N–H and O–H groups in total. The molecular weight excluding hydrogens is 218 g/mol. The van der Waals surface area contributed by atoms with Crippen LogP contribution in [0.5, 0.6) is 0 Å². The van der Waals surface area contributed by atoms with Crippen molar-refractivity contribution in [2.75, 3.05) is 6.54 Å². The van der Waals surface area contributed by atoms with Crippen molar-refractivity contribution in [2.45, 2.75) is 25.8 Å². The van der Waals surface area contributed by atoms with Crippen molar-refractivity contribution in [3.63, 3.8) is 0 Å². The van der Waals surface area contributed by atoms with Crippen LogP contribution in [0, 0.1) is 0 Å². The highest BCUT2D eigenvalue weighted by Crippen LogP contribution is 2.03. The Morgan fingerprint density at radius 1 is 0.833 bits per heavy atom. The molecule has 0 aliphatic rings. The van der Waals surface area contributed by atoms with E-state index in [0.717, 1.165) is 19.4 Å². The Morgan fingerprint density at radius 3 is 2.00 bits per heavy atom. The van der Waals surface area contributed by atoms with Crippen LogP contribution in [0.3, 0.4) is 0 Å². The molecule has 0 saturated carbocycles. The van der Waals surface area contributed by atoms with E-state index in [1.807, 2.05) is 0 Å². The van der Waals surface area contributed by atoms with Gasteiger partial charge in [0.15, 0.2) is 0 Å². The lowest BCUT2D eigenvalue weighted by Gasteiger charge is -2.13. The van der Waals surface area contributed by atoms with Gasteiger partial charge in [0.2, 0.25) is 0 Å². The van der Waals surface area contributed by atoms with Crippen LogP contribution in [0.15, 0.2) is 60.7 Å². The molecule has 0 aliphatic carbocycles. The van der Waals surface area contributed by atoms with Gasteiger partial charge >= 0.3 is 0 Å². The maximum Gasteiger partial charge on any atom is 0.00792 e. The molecule has 0 fully saturated rings. The van der Waals surface area contributed by atoms with E-state index in [9.17, 15) is 0 Å². The second-order valence-electron chi connectivity index (χ2n) is 4.78. The minimum atomic E-state index is 0.524. The molecule has 94 valence electrons. The summed E-state index contributed by atoms with van der Waals surface area (Å²) in [6.45, 7) is 3.29. The molecule has 0 bridgehead atoms. The zero-order valence-electron chi connectivity index (χ0n) is 11.0. The number of benzene rings is 2. The van der Waals surface area contributed by atoms with Crippen molar-refractivity contribution in [1.29, 1.82) is 0 Å². The van der Waals surface area contributed by atoms with Gasteiger partial charge in [-0.3, -0.25) is 0 Å². The smallest absolute Gasteiger partial charge is 0.00792 e. The summed E-state index contributed by atoms with van der Waals surface area (Å²) in [4.78, 5) is 0. The van der Waals surface area contributed by atoms with Crippen LogP contribution < -0.4 is 5.32 Å². The normalized spacial score (nSPS) is 12.3. The summed E-state index contributed by atoms with van der Waals surface area (Å²) in [5, 5.41) is 3.58. The molecular formula is C17H21N. The molecule has 0 spiro atoms. The van der Waals surface area contributed by atoms with E-state index in [2.05, 4.69) is 72.9 Å². The Hall–Kier alpha value is -1.60. The fourth-order valence-corrected chi connectivity index (χ4v) is 2.15. The molecule has 2 aromatic carbocycles. The van der Waals surface area contributed by atoms with Gasteiger partial charge in [-0.15, -0.1) is 0 Å². The van der Waals surface area contributed by atoms with Crippen LogP contribution in [0.25, 0.3) is 0 Å². The predicted molar refractivity (Wildman–Crippen MR) is 77.8 cm³/mol. The lowest BCUT2D eigenvalue weighted by atomic mass is 10.1. The van der Waals surface area contributed by atoms with E-state index in [1.54, 1.807) is 0 Å². The molecule has 1 unspecified atom stereocenters. The van der Waals surface area contributed by atoms with Gasteiger partial charge < -0.3 is 5.32 Å². The summed E-state index contributed by atoms with van der Waals surface area (Å²) < 4.78 is 0. The standard InChI is InChI=1S/C17H21N/c1-15(14-17-10-6-3-7-11-17)18-13-12-16-8-4-2-5-9-16/h2-11,15,18H,12-14H2,1H3. The van der Waals surface area contributed by atoms with Gasteiger partial charge in [0.1, 0.15) is 0 Å². The fraction of sp³-hybridized carbons (Fsp3) is 0.294. The van der Waals surface area contributed by atoms with Crippen LogP contribution in [-0.4, -0.2) is 12.6 Å². The number of hydrogen-bond donors (Lipinski definition) is 1. The number of rotatable bonds is 6. The van der Waals surface area contributed by atoms with Gasteiger partial charge in [-0.05, 0) is 37.4 Å². The predicted octanol–water partition coefficient (Wildman–Crippen LogP) is 3.45. The maximum absolute atomic E-state index is 3.58. The molecule has 1 heteroatoms. The summed E-state index contributed by atoms with van der Waals surface area (Å²) in [5.41, 5.74) is 2.80. The summed E-state index contributed by atoms with van der Waals surface area (Å²) in [6.07, 6.45) is 2.19. The Balaban J connectivity index is 1.71. The average molecular weight is 239 g/mol. The SMILES string of the molecule is CC(Cc1ccccc1)NCCc1ccccc1. The van der Waals surface area contributed by atoms with Crippen LogP contribution in [-0.2, 0) is 12.8 Å². The maximum atomic E-state index is 3.58. The third-order valence-corrected chi connectivity index (χ3v) is 3.13. The lowest BCUT2D eigenvalue weighted by Crippen LogP contribution is -2.29. The van der Waals surface area contributed by atoms with Crippen molar-refractivity contribution in [3.8, 4) is 0 Å². The highest BCUT2D eigenvalue weighted by atomic mass is 14.9. The first-order chi connectivity index (χ1) is 8.84. The Kier molecular flexibility index (Phi) is 4.98. The molecule has 0 radical (unpaired) electrons. The summed E-state index contributed by atoms with van der Waals surface area (Å²) in [7, 11) is 0. The Bertz CT molecular complexity index is 436. The largest absolute Gasteiger partial charge is 0.314 e. The van der Waals surface area contributed by atoms with E-state index in [1.165, 1.54) is 11.1 Å². The summed E-state index contributed by atoms with van der Waals surface area (Å²) in [6, 6.07) is 21.8. The van der Waals surface area contributed by atoms with Crippen molar-refractivity contribution in [3.05, 3.63) is 71.8 Å². The molecule has 2 rings (SSSR count). The van der Waals surface area contributed by atoms with Crippen molar-refractivity contribution >= 4 is 0 Å². The van der Waals surface area contributed by atoms with Gasteiger partial charge in [0.25, 0.3) is 0 Å². The Labute approximate surface area is 110 Å². The summed E-state index contributed by atoms with van der Waals surface area (Å²) in [5.74, 6) is 0. The molecule has 0 amide bonds. The molecule has 1 nitrogen and oxygen atoms in total. The van der Waals surface area contributed by atoms with Crippen LogP contribution in [0.4, 0.5) is 0 Å². The number of hydrogen-bond acceptors (Lipinski definition) is 1. The molecule has 0 aliphatic heterocycles. The molecule has 0 aromatic heterocycles. The third kappa shape index (κ3) is 4.34. The first kappa shape index (κ1) is 12.8. The van der Waals surface area contributed by atoms with Gasteiger partial charge in [-0.1, -0.05) is 60.7 Å². The second kappa shape index (κ2) is 6.97. The van der Waals surface area contributed by atoms with Crippen molar-refractivity contribution < 1.29 is 0 Å². The average Bonchev–Trinajstić information content (AvgIpc) is 2.41. The highest BCUT2D eigenvalue weighted by molar-refractivity contribution is 5.16. The quantitative estimate of drug-likeness (QED) is 0.814. The summed E-state index contributed by atoms with van der Waals surface area (Å²) >= 11 is 0. The Morgan fingerprint density at radius 2 is 1.39 bits per heavy atom. The van der Waals surface area contributed by atoms with E-state index in [4.69, 9.17) is 0 Å². The molecule has 18 heavy (non-hydrogen) atoms. The van der Waals surface area contributed by atoms with E-state index < -0.39 is 0 Å². The van der Waals surface area contributed by atoms with Gasteiger partial charge in [-0.2, -0.15) is 0 Å². The first-order valence-corrected chi connectivity index (χ1v) is 6.66. The zero-order valence-corrected chi connectivity index (χ0v) is 11.0. The van der Waals surface area contributed by atoms with Crippen LogP contribution in [0.1, 0.15) is 18.1 Å². The minimum absolute atomic E-state index is 0.524. The second-order valence-corrected chi connectivity index (χ2v) is 4.78. The van der Waals surface area contributed by atoms with Crippen LogP contribution >= 0.6 is 0 Å². The first-order valence-electron chi connectivity index (χ1n) is 6.66. The van der Waals surface area contributed by atoms with Crippen molar-refractivity contribution in [1.82, 2.24) is 5.32 Å². The van der Waals surface area contributed by atoms with Crippen LogP contribution in [0.2, 0.25) is 0 Å². The molecule has 0 heterocycles. The van der Waals surface area contributed by atoms with Gasteiger partial charge in [0.05, 0.1) is 0 Å².